The summed E-state index contributed by atoms with van der Waals surface area (Å²) in [5.74, 6) is -0.0764. The van der Waals surface area contributed by atoms with Crippen molar-refractivity contribution in [1.29, 1.82) is 0 Å². The minimum Gasteiger partial charge on any atom is -0.353 e. The molecule has 5 nitrogen and oxygen atoms in total. The molecule has 0 aromatic heterocycles. The van der Waals surface area contributed by atoms with Crippen LogP contribution < -0.4 is 4.72 Å². The van der Waals surface area contributed by atoms with Gasteiger partial charge in [-0.25, -0.2) is 6.57 Å². The van der Waals surface area contributed by atoms with Crippen molar-refractivity contribution in [1.82, 2.24) is 4.72 Å². The van der Waals surface area contributed by atoms with Crippen molar-refractivity contribution in [2.24, 2.45) is 5.92 Å². The van der Waals surface area contributed by atoms with Crippen LogP contribution in [0.4, 0.5) is 0 Å². The van der Waals surface area contributed by atoms with Gasteiger partial charge in [0.05, 0.1) is 12.0 Å². The molecule has 5 atom stereocenters. The van der Waals surface area contributed by atoms with Gasteiger partial charge in [-0.2, -0.15) is 4.72 Å². The minimum atomic E-state index is -2.25. The summed E-state index contributed by atoms with van der Waals surface area (Å²) in [6.07, 6.45) is 4.02. The van der Waals surface area contributed by atoms with Crippen LogP contribution in [-0.4, -0.2) is 36.0 Å². The molecule has 0 saturated carbocycles. The average molecular weight is 367 g/mol. The Hall–Kier alpha value is -1.10. The first kappa shape index (κ1) is 20.2. The normalized spacial score (nSPS) is 25.2. The Morgan fingerprint density at radius 1 is 1.32 bits per heavy atom. The Bertz CT molecular complexity index is 579. The molecule has 140 valence electrons. The summed E-state index contributed by atoms with van der Waals surface area (Å²) in [7, 11) is -2.25. The Balaban J connectivity index is 1.99. The van der Waals surface area contributed by atoms with Gasteiger partial charge in [-0.15, -0.1) is 0 Å². The van der Waals surface area contributed by atoms with Crippen molar-refractivity contribution in [2.75, 3.05) is 12.9 Å². The van der Waals surface area contributed by atoms with E-state index in [1.165, 1.54) is 0 Å². The second-order valence-corrected chi connectivity index (χ2v) is 9.33. The summed E-state index contributed by atoms with van der Waals surface area (Å²) in [5, 5.41) is 0. The lowest BCUT2D eigenvalue weighted by atomic mass is 10.0. The van der Waals surface area contributed by atoms with Crippen molar-refractivity contribution in [3.05, 3.63) is 41.2 Å². The van der Waals surface area contributed by atoms with Gasteiger partial charge < -0.3 is 14.0 Å². The van der Waals surface area contributed by atoms with Crippen LogP contribution in [0.5, 0.6) is 0 Å². The Labute approximate surface area is 153 Å². The van der Waals surface area contributed by atoms with Crippen molar-refractivity contribution in [2.45, 2.75) is 63.5 Å². The van der Waals surface area contributed by atoms with Gasteiger partial charge in [0, 0.05) is 17.8 Å². The van der Waals surface area contributed by atoms with E-state index in [-0.39, 0.29) is 18.3 Å². The van der Waals surface area contributed by atoms with Crippen molar-refractivity contribution >= 4 is 10.5 Å². The first-order valence-corrected chi connectivity index (χ1v) is 10.8. The second-order valence-electron chi connectivity index (χ2n) is 6.88. The van der Waals surface area contributed by atoms with Crippen LogP contribution in [0.25, 0.3) is 4.85 Å². The first-order valence-electron chi connectivity index (χ1n) is 8.82. The highest BCUT2D eigenvalue weighted by atomic mass is 32.3. The highest BCUT2D eigenvalue weighted by molar-refractivity contribution is 8.27. The number of rotatable bonds is 7. The van der Waals surface area contributed by atoms with Gasteiger partial charge >= 0.3 is 0 Å². The molecule has 0 radical (unpaired) electrons. The van der Waals surface area contributed by atoms with Gasteiger partial charge in [-0.3, -0.25) is 4.85 Å². The van der Waals surface area contributed by atoms with E-state index in [1.807, 2.05) is 45.0 Å². The summed E-state index contributed by atoms with van der Waals surface area (Å²) in [6.45, 7) is 14.3. The summed E-state index contributed by atoms with van der Waals surface area (Å²) < 4.78 is 25.7. The zero-order valence-corrected chi connectivity index (χ0v) is 16.4. The molecule has 2 rings (SSSR count). The van der Waals surface area contributed by atoms with Gasteiger partial charge in [0.25, 0.3) is 6.17 Å². The Morgan fingerprint density at radius 3 is 2.56 bits per heavy atom. The number of aryl methyl sites for hydroxylation is 1. The van der Waals surface area contributed by atoms with Crippen LogP contribution in [0.1, 0.15) is 38.7 Å². The molecule has 0 aliphatic carbocycles. The molecule has 1 heterocycles. The van der Waals surface area contributed by atoms with Crippen molar-refractivity contribution in [3.63, 3.8) is 0 Å². The number of nitrogens with zero attached hydrogens (tertiary/aromatic N) is 1. The number of ether oxygens (including phenoxy) is 2. The quantitative estimate of drug-likeness (QED) is 0.694. The highest BCUT2D eigenvalue weighted by Gasteiger charge is 2.34. The highest BCUT2D eigenvalue weighted by Crippen LogP contribution is 2.45. The van der Waals surface area contributed by atoms with Crippen LogP contribution in [0, 0.1) is 19.4 Å². The number of benzene rings is 1. The first-order chi connectivity index (χ1) is 11.8. The van der Waals surface area contributed by atoms with Gasteiger partial charge in [-0.05, 0) is 45.2 Å². The minimum absolute atomic E-state index is 0.0764. The monoisotopic (exact) mass is 366 g/mol. The summed E-state index contributed by atoms with van der Waals surface area (Å²) in [4.78, 5) is 4.53. The van der Waals surface area contributed by atoms with Gasteiger partial charge in [0.2, 0.25) is 0 Å². The molecule has 1 saturated heterocycles. The zero-order chi connectivity index (χ0) is 18.4. The third-order valence-electron chi connectivity index (χ3n) is 4.71. The standard InChI is InChI=1S/C19H30N2O3S/c1-14-9-11-17(12-10-14)25(5,22)21-19(20-4)15(2)16(3)24-18-8-6-7-13-23-18/h9-12,15-16,18-19,21-22H,6-8,13H2,1-3,5H3/t15-,16-,18?,19-/m0/s1. The SMILES string of the molecule is [C-]#[N+][C@@H](NS(C)(O)c1ccc(C)cc1)[C@@H](C)[C@H](C)OC1CCCCO1. The maximum absolute atomic E-state index is 10.9. The molecule has 25 heavy (non-hydrogen) atoms. The maximum Gasteiger partial charge on any atom is 0.291 e. The third kappa shape index (κ3) is 5.70. The fourth-order valence-electron chi connectivity index (χ4n) is 2.80. The number of hydrogen-bond donors (Lipinski definition) is 2. The molecule has 2 N–H and O–H groups in total. The molecule has 1 fully saturated rings. The lowest BCUT2D eigenvalue weighted by Gasteiger charge is -2.34. The summed E-state index contributed by atoms with van der Waals surface area (Å²) >= 11 is 0. The van der Waals surface area contributed by atoms with E-state index in [0.29, 0.717) is 0 Å². The van der Waals surface area contributed by atoms with E-state index in [0.717, 1.165) is 36.3 Å². The van der Waals surface area contributed by atoms with E-state index < -0.39 is 16.7 Å². The maximum atomic E-state index is 10.9. The molecule has 0 amide bonds. The van der Waals surface area contributed by atoms with Gasteiger partial charge in [-0.1, -0.05) is 35.1 Å². The summed E-state index contributed by atoms with van der Waals surface area (Å²) in [5.41, 5.74) is 1.14. The zero-order valence-electron chi connectivity index (χ0n) is 15.6. The molecular formula is C19H30N2O3S. The van der Waals surface area contributed by atoms with Crippen molar-refractivity contribution in [3.8, 4) is 0 Å². The fraction of sp³-hybridized carbons (Fsp3) is 0.632. The molecule has 6 heteroatoms. The van der Waals surface area contributed by atoms with E-state index in [2.05, 4.69) is 9.57 Å². The summed E-state index contributed by atoms with van der Waals surface area (Å²) in [6, 6.07) is 7.78. The average Bonchev–Trinajstić information content (AvgIpc) is 2.60. The lowest BCUT2D eigenvalue weighted by molar-refractivity contribution is -0.193. The van der Waals surface area contributed by atoms with E-state index in [1.54, 1.807) is 6.26 Å². The molecule has 0 spiro atoms. The van der Waals surface area contributed by atoms with Crippen LogP contribution in [0.3, 0.4) is 0 Å². The fourth-order valence-corrected chi connectivity index (χ4v) is 4.34. The van der Waals surface area contributed by atoms with E-state index in [9.17, 15) is 4.55 Å². The topological polar surface area (TPSA) is 55.1 Å². The Morgan fingerprint density at radius 2 is 2.00 bits per heavy atom. The van der Waals surface area contributed by atoms with Gasteiger partial charge in [0.15, 0.2) is 6.29 Å². The molecule has 2 unspecified atom stereocenters. The van der Waals surface area contributed by atoms with Crippen LogP contribution in [0.2, 0.25) is 0 Å². The van der Waals surface area contributed by atoms with Crippen LogP contribution in [0.15, 0.2) is 29.2 Å². The van der Waals surface area contributed by atoms with Crippen molar-refractivity contribution < 1.29 is 14.0 Å². The van der Waals surface area contributed by atoms with E-state index in [4.69, 9.17) is 16.0 Å². The lowest BCUT2D eigenvalue weighted by Crippen LogP contribution is -2.41. The third-order valence-corrected chi connectivity index (χ3v) is 6.60. The predicted molar refractivity (Wildman–Crippen MR) is 102 cm³/mol. The molecule has 1 aliphatic heterocycles. The van der Waals surface area contributed by atoms with Crippen LogP contribution >= 0.6 is 10.5 Å². The Kier molecular flexibility index (Phi) is 7.29. The predicted octanol–water partition coefficient (Wildman–Crippen LogP) is 4.58. The molecular weight excluding hydrogens is 336 g/mol. The van der Waals surface area contributed by atoms with Crippen LogP contribution in [-0.2, 0) is 9.47 Å². The number of nitrogens with one attached hydrogen (secondary N) is 1. The number of hydrogen-bond acceptors (Lipinski definition) is 4. The second kappa shape index (κ2) is 9.02. The molecule has 1 aromatic rings. The smallest absolute Gasteiger partial charge is 0.291 e. The molecule has 1 aliphatic rings. The largest absolute Gasteiger partial charge is 0.353 e. The molecule has 0 bridgehead atoms. The molecule has 1 aromatic carbocycles. The van der Waals surface area contributed by atoms with E-state index >= 15 is 0 Å². The van der Waals surface area contributed by atoms with Gasteiger partial charge in [0.1, 0.15) is 0 Å².